The summed E-state index contributed by atoms with van der Waals surface area (Å²) < 4.78 is 19.2. The van der Waals surface area contributed by atoms with Crippen molar-refractivity contribution in [2.24, 2.45) is 0 Å². The Morgan fingerprint density at radius 3 is 2.61 bits per heavy atom. The summed E-state index contributed by atoms with van der Waals surface area (Å²) in [6.07, 6.45) is 0. The summed E-state index contributed by atoms with van der Waals surface area (Å²) in [6, 6.07) is 12.6. The van der Waals surface area contributed by atoms with Crippen molar-refractivity contribution >= 4 is 17.5 Å². The highest BCUT2D eigenvalue weighted by molar-refractivity contribution is 6.07. The number of carbonyl (C=O) groups excluding carboxylic acids is 2. The number of amides is 2. The molecule has 0 spiro atoms. The van der Waals surface area contributed by atoms with Gasteiger partial charge in [-0.2, -0.15) is 0 Å². The molecule has 2 amide bonds. The van der Waals surface area contributed by atoms with E-state index in [1.807, 2.05) is 24.3 Å². The van der Waals surface area contributed by atoms with Crippen LogP contribution in [0.25, 0.3) is 0 Å². The quantitative estimate of drug-likeness (QED) is 0.873. The van der Waals surface area contributed by atoms with Gasteiger partial charge in [-0.05, 0) is 23.8 Å². The van der Waals surface area contributed by atoms with Gasteiger partial charge >= 0.3 is 0 Å². The van der Waals surface area contributed by atoms with E-state index in [-0.39, 0.29) is 49.2 Å². The molecular formula is C21H21FN2O4. The van der Waals surface area contributed by atoms with Crippen molar-refractivity contribution < 1.29 is 23.8 Å². The van der Waals surface area contributed by atoms with E-state index < -0.39 is 11.7 Å². The lowest BCUT2D eigenvalue weighted by Crippen LogP contribution is -2.71. The van der Waals surface area contributed by atoms with Gasteiger partial charge in [0, 0.05) is 25.3 Å². The van der Waals surface area contributed by atoms with E-state index in [0.29, 0.717) is 5.69 Å². The molecular weight excluding hydrogens is 363 g/mol. The van der Waals surface area contributed by atoms with Gasteiger partial charge < -0.3 is 19.6 Å². The minimum absolute atomic E-state index is 0.0106. The molecule has 2 aromatic rings. The van der Waals surface area contributed by atoms with Gasteiger partial charge in [0.1, 0.15) is 12.4 Å². The molecule has 146 valence electrons. The van der Waals surface area contributed by atoms with Gasteiger partial charge in [0.15, 0.2) is 0 Å². The van der Waals surface area contributed by atoms with Gasteiger partial charge in [-0.25, -0.2) is 4.39 Å². The molecule has 0 unspecified atom stereocenters. The first-order valence-electron chi connectivity index (χ1n) is 9.14. The van der Waals surface area contributed by atoms with E-state index in [9.17, 15) is 19.1 Å². The fourth-order valence-electron chi connectivity index (χ4n) is 4.41. The highest BCUT2D eigenvalue weighted by Gasteiger charge is 2.55. The lowest BCUT2D eigenvalue weighted by molar-refractivity contribution is -0.154. The third-order valence-corrected chi connectivity index (χ3v) is 5.59. The first-order chi connectivity index (χ1) is 13.6. The predicted octanol–water partition coefficient (Wildman–Crippen LogP) is 1.79. The van der Waals surface area contributed by atoms with Crippen LogP contribution in [-0.2, 0) is 9.53 Å². The van der Waals surface area contributed by atoms with Crippen molar-refractivity contribution in [2.75, 3.05) is 31.8 Å². The molecule has 2 aliphatic heterocycles. The van der Waals surface area contributed by atoms with E-state index in [4.69, 9.17) is 4.74 Å². The van der Waals surface area contributed by atoms with Crippen LogP contribution in [0.5, 0.6) is 0 Å². The van der Waals surface area contributed by atoms with Crippen molar-refractivity contribution in [1.29, 1.82) is 0 Å². The highest BCUT2D eigenvalue weighted by atomic mass is 19.1. The number of benzene rings is 2. The molecule has 0 saturated carbocycles. The molecule has 6 nitrogen and oxygen atoms in total. The van der Waals surface area contributed by atoms with E-state index in [0.717, 1.165) is 5.56 Å². The third-order valence-electron chi connectivity index (χ3n) is 5.59. The van der Waals surface area contributed by atoms with E-state index in [1.54, 1.807) is 11.0 Å². The second-order valence-electron chi connectivity index (χ2n) is 7.03. The number of fused-ring (bicyclic) bond motifs is 3. The molecule has 4 rings (SSSR count). The molecule has 3 atom stereocenters. The number of nitrogens with zero attached hydrogens (tertiary/aromatic N) is 2. The summed E-state index contributed by atoms with van der Waals surface area (Å²) in [7, 11) is 1.44. The lowest BCUT2D eigenvalue weighted by atomic mass is 9.71. The van der Waals surface area contributed by atoms with Crippen molar-refractivity contribution in [1.82, 2.24) is 4.90 Å². The second kappa shape index (κ2) is 7.33. The molecule has 0 aliphatic carbocycles. The normalized spacial score (nSPS) is 22.9. The van der Waals surface area contributed by atoms with Crippen LogP contribution in [0.4, 0.5) is 10.1 Å². The summed E-state index contributed by atoms with van der Waals surface area (Å²) in [4.78, 5) is 28.7. The molecule has 0 radical (unpaired) electrons. The van der Waals surface area contributed by atoms with Crippen LogP contribution in [0, 0.1) is 5.82 Å². The summed E-state index contributed by atoms with van der Waals surface area (Å²) in [5.41, 5.74) is 1.56. The van der Waals surface area contributed by atoms with Gasteiger partial charge in [0.25, 0.3) is 5.91 Å². The maximum absolute atomic E-state index is 14.2. The molecule has 1 saturated heterocycles. The monoisotopic (exact) mass is 384 g/mol. The summed E-state index contributed by atoms with van der Waals surface area (Å²) >= 11 is 0. The minimum Gasteiger partial charge on any atom is -0.394 e. The number of anilines is 1. The van der Waals surface area contributed by atoms with Crippen molar-refractivity contribution in [3.63, 3.8) is 0 Å². The smallest absolute Gasteiger partial charge is 0.261 e. The molecule has 2 heterocycles. The van der Waals surface area contributed by atoms with Crippen molar-refractivity contribution in [2.45, 2.75) is 18.0 Å². The second-order valence-corrected chi connectivity index (χ2v) is 7.03. The fourth-order valence-corrected chi connectivity index (χ4v) is 4.41. The van der Waals surface area contributed by atoms with Crippen LogP contribution in [0.2, 0.25) is 0 Å². The lowest BCUT2D eigenvalue weighted by Gasteiger charge is -2.58. The Morgan fingerprint density at radius 2 is 1.89 bits per heavy atom. The number of hydrogen-bond acceptors (Lipinski definition) is 4. The highest BCUT2D eigenvalue weighted by Crippen LogP contribution is 2.48. The van der Waals surface area contributed by atoms with Crippen LogP contribution in [0.15, 0.2) is 48.5 Å². The van der Waals surface area contributed by atoms with Gasteiger partial charge in [0.05, 0.1) is 24.3 Å². The average molecular weight is 384 g/mol. The Labute approximate surface area is 162 Å². The molecule has 1 N–H and O–H groups in total. The Morgan fingerprint density at radius 1 is 1.18 bits per heavy atom. The number of rotatable bonds is 4. The van der Waals surface area contributed by atoms with Crippen LogP contribution in [0.3, 0.4) is 0 Å². The minimum atomic E-state index is -0.582. The number of aliphatic hydroxyl groups is 1. The Bertz CT molecular complexity index is 919. The van der Waals surface area contributed by atoms with Crippen molar-refractivity contribution in [3.05, 3.63) is 65.5 Å². The number of halogens is 1. The van der Waals surface area contributed by atoms with Crippen LogP contribution in [0.1, 0.15) is 21.8 Å². The van der Waals surface area contributed by atoms with Gasteiger partial charge in [-0.15, -0.1) is 0 Å². The molecule has 2 aliphatic rings. The zero-order valence-corrected chi connectivity index (χ0v) is 15.4. The zero-order chi connectivity index (χ0) is 19.8. The molecule has 2 aromatic carbocycles. The first kappa shape index (κ1) is 18.6. The number of hydrogen-bond donors (Lipinski definition) is 1. The Hall–Kier alpha value is -2.77. The van der Waals surface area contributed by atoms with Gasteiger partial charge in [-0.3, -0.25) is 9.59 Å². The van der Waals surface area contributed by atoms with E-state index in [2.05, 4.69) is 0 Å². The number of methoxy groups -OCH3 is 1. The van der Waals surface area contributed by atoms with Crippen LogP contribution in [-0.4, -0.2) is 60.8 Å². The third kappa shape index (κ3) is 2.78. The largest absolute Gasteiger partial charge is 0.394 e. The summed E-state index contributed by atoms with van der Waals surface area (Å²) in [5.74, 6) is -1.34. The number of aliphatic hydroxyl groups excluding tert-OH is 1. The number of likely N-dealkylation sites (tertiary alicyclic amines) is 1. The zero-order valence-electron chi connectivity index (χ0n) is 15.4. The average Bonchev–Trinajstić information content (AvgIpc) is 2.68. The maximum Gasteiger partial charge on any atom is 0.261 e. The predicted molar refractivity (Wildman–Crippen MR) is 101 cm³/mol. The van der Waals surface area contributed by atoms with Crippen molar-refractivity contribution in [3.8, 4) is 0 Å². The van der Waals surface area contributed by atoms with E-state index >= 15 is 0 Å². The summed E-state index contributed by atoms with van der Waals surface area (Å²) in [5, 5.41) is 9.86. The van der Waals surface area contributed by atoms with Crippen LogP contribution < -0.4 is 4.90 Å². The van der Waals surface area contributed by atoms with Gasteiger partial charge in [0.2, 0.25) is 5.91 Å². The standard InChI is InChI=1S/C21H21FN2O4/c1-28-12-19(26)24-17-10-23(21(27)13-6-2-4-8-15(13)22)16-9-5-3-7-14(16)20(17)18(24)11-25/h2-9,17-18,20,25H,10-12H2,1H3/t17-,18+,20+/m1/s1. The SMILES string of the molecule is COCC(=O)N1[C@@H]2CN(C(=O)c3ccccc3F)c3ccccc3[C@@H]2[C@@H]1CO. The number of para-hydroxylation sites is 1. The number of carbonyl (C=O) groups is 2. The Balaban J connectivity index is 1.74. The molecule has 0 aromatic heterocycles. The maximum atomic E-state index is 14.2. The molecule has 28 heavy (non-hydrogen) atoms. The van der Waals surface area contributed by atoms with E-state index in [1.165, 1.54) is 30.2 Å². The number of ether oxygens (including phenoxy) is 1. The first-order valence-corrected chi connectivity index (χ1v) is 9.14. The fraction of sp³-hybridized carbons (Fsp3) is 0.333. The molecule has 7 heteroatoms. The topological polar surface area (TPSA) is 70.1 Å². The summed E-state index contributed by atoms with van der Waals surface area (Å²) in [6.45, 7) is -0.0321. The van der Waals surface area contributed by atoms with Gasteiger partial charge in [-0.1, -0.05) is 30.3 Å². The molecule has 1 fully saturated rings. The molecule has 0 bridgehead atoms. The Kier molecular flexibility index (Phi) is 4.87. The van der Waals surface area contributed by atoms with Crippen LogP contribution >= 0.6 is 0 Å².